The van der Waals surface area contributed by atoms with Crippen molar-refractivity contribution in [2.45, 2.75) is 6.92 Å². The summed E-state index contributed by atoms with van der Waals surface area (Å²) in [7, 11) is -3.90. The maximum atomic E-state index is 14.3. The summed E-state index contributed by atoms with van der Waals surface area (Å²) in [6.07, 6.45) is 2.03. The highest BCUT2D eigenvalue weighted by Gasteiger charge is 2.20. The summed E-state index contributed by atoms with van der Waals surface area (Å²) >= 11 is 3.22. The molecular weight excluding hydrogens is 422 g/mol. The van der Waals surface area contributed by atoms with Gasteiger partial charge < -0.3 is 4.74 Å². The second-order valence-corrected chi connectivity index (χ2v) is 7.56. The standard InChI is InChI=1S/C15H13BrF2N2O4S/c1-3-24-15-11(16)4-8(7-19-15)9-5-13(18)10(6-12(9)17)14(21)20-25(2,22)23/h4-7H,3H2,1-2H3,(H,20,21). The lowest BCUT2D eigenvalue weighted by molar-refractivity contribution is 0.0977. The molecule has 25 heavy (non-hydrogen) atoms. The summed E-state index contributed by atoms with van der Waals surface area (Å²) < 4.78 is 57.9. The normalized spacial score (nSPS) is 11.2. The number of rotatable bonds is 5. The van der Waals surface area contributed by atoms with Gasteiger partial charge in [0.05, 0.1) is 22.9 Å². The van der Waals surface area contributed by atoms with E-state index in [1.807, 2.05) is 0 Å². The van der Waals surface area contributed by atoms with Crippen LogP contribution in [0.1, 0.15) is 17.3 Å². The summed E-state index contributed by atoms with van der Waals surface area (Å²) in [4.78, 5) is 15.7. The number of nitrogens with zero attached hydrogens (tertiary/aromatic N) is 1. The van der Waals surface area contributed by atoms with E-state index in [0.29, 0.717) is 23.0 Å². The third-order valence-corrected chi connectivity index (χ3v) is 4.10. The predicted molar refractivity (Wildman–Crippen MR) is 90.8 cm³/mol. The molecule has 2 rings (SSSR count). The maximum absolute atomic E-state index is 14.3. The van der Waals surface area contributed by atoms with Crippen molar-refractivity contribution >= 4 is 31.9 Å². The molecule has 0 atom stereocenters. The lowest BCUT2D eigenvalue weighted by Crippen LogP contribution is -2.30. The van der Waals surface area contributed by atoms with Crippen LogP contribution < -0.4 is 9.46 Å². The molecule has 0 radical (unpaired) electrons. The minimum atomic E-state index is -3.90. The van der Waals surface area contributed by atoms with Crippen LogP contribution in [0.2, 0.25) is 0 Å². The lowest BCUT2D eigenvalue weighted by Gasteiger charge is -2.10. The molecule has 2 aromatic rings. The number of nitrogens with one attached hydrogen (secondary N) is 1. The van der Waals surface area contributed by atoms with Crippen LogP contribution >= 0.6 is 15.9 Å². The van der Waals surface area contributed by atoms with Crippen LogP contribution in [-0.2, 0) is 10.0 Å². The van der Waals surface area contributed by atoms with Gasteiger partial charge in [-0.15, -0.1) is 0 Å². The van der Waals surface area contributed by atoms with Crippen molar-refractivity contribution < 1.29 is 26.7 Å². The van der Waals surface area contributed by atoms with E-state index in [2.05, 4.69) is 20.9 Å². The van der Waals surface area contributed by atoms with Gasteiger partial charge in [-0.1, -0.05) is 0 Å². The summed E-state index contributed by atoms with van der Waals surface area (Å²) in [5.74, 6) is -2.92. The Morgan fingerprint density at radius 1 is 1.28 bits per heavy atom. The average Bonchev–Trinajstić information content (AvgIpc) is 2.49. The van der Waals surface area contributed by atoms with E-state index in [9.17, 15) is 22.0 Å². The number of hydrogen-bond donors (Lipinski definition) is 1. The van der Waals surface area contributed by atoms with E-state index in [1.165, 1.54) is 12.3 Å². The monoisotopic (exact) mass is 434 g/mol. The fourth-order valence-corrected chi connectivity index (χ4v) is 2.89. The number of halogens is 3. The highest BCUT2D eigenvalue weighted by Crippen LogP contribution is 2.31. The van der Waals surface area contributed by atoms with Gasteiger partial charge in [0.15, 0.2) is 0 Å². The first-order chi connectivity index (χ1) is 11.6. The van der Waals surface area contributed by atoms with Crippen molar-refractivity contribution in [2.75, 3.05) is 12.9 Å². The highest BCUT2D eigenvalue weighted by atomic mass is 79.9. The Morgan fingerprint density at radius 3 is 2.52 bits per heavy atom. The Balaban J connectivity index is 2.43. The predicted octanol–water partition coefficient (Wildman–Crippen LogP) is 2.88. The summed E-state index contributed by atoms with van der Waals surface area (Å²) in [6.45, 7) is 2.16. The van der Waals surface area contributed by atoms with E-state index in [4.69, 9.17) is 4.74 Å². The first-order valence-electron chi connectivity index (χ1n) is 6.92. The number of carbonyl (C=O) groups is 1. The molecule has 6 nitrogen and oxygen atoms in total. The van der Waals surface area contributed by atoms with Gasteiger partial charge in [0.2, 0.25) is 15.9 Å². The average molecular weight is 435 g/mol. The van der Waals surface area contributed by atoms with Crippen LogP contribution in [0.4, 0.5) is 8.78 Å². The van der Waals surface area contributed by atoms with Gasteiger partial charge in [-0.05, 0) is 41.1 Å². The van der Waals surface area contributed by atoms with Crippen molar-refractivity contribution in [3.8, 4) is 17.0 Å². The zero-order valence-corrected chi connectivity index (χ0v) is 15.5. The molecule has 0 aliphatic carbocycles. The van der Waals surface area contributed by atoms with Crippen LogP contribution in [0, 0.1) is 11.6 Å². The van der Waals surface area contributed by atoms with E-state index in [1.54, 1.807) is 11.6 Å². The SMILES string of the molecule is CCOc1ncc(-c2cc(F)c(C(=O)NS(C)(=O)=O)cc2F)cc1Br. The second-order valence-electron chi connectivity index (χ2n) is 4.96. The minimum absolute atomic E-state index is 0.135. The van der Waals surface area contributed by atoms with Gasteiger partial charge in [0, 0.05) is 17.3 Å². The van der Waals surface area contributed by atoms with Gasteiger partial charge in [0.1, 0.15) is 11.6 Å². The zero-order valence-electron chi connectivity index (χ0n) is 13.1. The quantitative estimate of drug-likeness (QED) is 0.781. The Bertz CT molecular complexity index is 935. The number of pyridine rings is 1. The van der Waals surface area contributed by atoms with Gasteiger partial charge >= 0.3 is 0 Å². The number of sulfonamides is 1. The molecule has 0 aliphatic rings. The van der Waals surface area contributed by atoms with Crippen molar-refractivity contribution in [3.63, 3.8) is 0 Å². The van der Waals surface area contributed by atoms with Gasteiger partial charge in [-0.3, -0.25) is 4.79 Å². The number of ether oxygens (including phenoxy) is 1. The molecule has 1 N–H and O–H groups in total. The molecule has 1 heterocycles. The first-order valence-corrected chi connectivity index (χ1v) is 9.60. The Labute approximate surface area is 151 Å². The first kappa shape index (κ1) is 19.3. The van der Waals surface area contributed by atoms with E-state index in [-0.39, 0.29) is 11.1 Å². The van der Waals surface area contributed by atoms with Crippen LogP contribution in [0.25, 0.3) is 11.1 Å². The molecule has 0 aliphatic heterocycles. The van der Waals surface area contributed by atoms with E-state index >= 15 is 0 Å². The molecule has 0 spiro atoms. The Kier molecular flexibility index (Phi) is 5.73. The molecule has 0 fully saturated rings. The van der Waals surface area contributed by atoms with Crippen molar-refractivity contribution in [1.29, 1.82) is 0 Å². The Hall–Kier alpha value is -2.07. The Morgan fingerprint density at radius 2 is 1.96 bits per heavy atom. The molecule has 0 unspecified atom stereocenters. The summed E-state index contributed by atoms with van der Waals surface area (Å²) in [5.41, 5.74) is -0.601. The maximum Gasteiger partial charge on any atom is 0.267 e. The molecule has 134 valence electrons. The van der Waals surface area contributed by atoms with E-state index in [0.717, 1.165) is 12.3 Å². The van der Waals surface area contributed by atoms with Crippen LogP contribution in [0.15, 0.2) is 28.9 Å². The number of aromatic nitrogens is 1. The third kappa shape index (κ3) is 4.73. The van der Waals surface area contributed by atoms with E-state index < -0.39 is 33.1 Å². The van der Waals surface area contributed by atoms with Gasteiger partial charge in [-0.25, -0.2) is 26.9 Å². The lowest BCUT2D eigenvalue weighted by atomic mass is 10.0. The molecule has 0 bridgehead atoms. The molecule has 1 aromatic heterocycles. The van der Waals surface area contributed by atoms with Crippen LogP contribution in [0.3, 0.4) is 0 Å². The highest BCUT2D eigenvalue weighted by molar-refractivity contribution is 9.10. The van der Waals surface area contributed by atoms with Crippen LogP contribution in [-0.4, -0.2) is 32.2 Å². The summed E-state index contributed by atoms with van der Waals surface area (Å²) in [6, 6.07) is 2.93. The van der Waals surface area contributed by atoms with Crippen LogP contribution in [0.5, 0.6) is 5.88 Å². The molecule has 0 saturated heterocycles. The zero-order chi connectivity index (χ0) is 18.8. The number of benzene rings is 1. The fraction of sp³-hybridized carbons (Fsp3) is 0.200. The fourth-order valence-electron chi connectivity index (χ4n) is 1.98. The third-order valence-electron chi connectivity index (χ3n) is 2.98. The minimum Gasteiger partial charge on any atom is -0.477 e. The molecule has 0 saturated carbocycles. The number of carbonyl (C=O) groups excluding carboxylic acids is 1. The summed E-state index contributed by atoms with van der Waals surface area (Å²) in [5, 5.41) is 0. The number of hydrogen-bond acceptors (Lipinski definition) is 5. The molecule has 10 heteroatoms. The van der Waals surface area contributed by atoms with Gasteiger partial charge in [-0.2, -0.15) is 0 Å². The second kappa shape index (κ2) is 7.44. The van der Waals surface area contributed by atoms with Crippen molar-refractivity contribution in [3.05, 3.63) is 46.1 Å². The smallest absolute Gasteiger partial charge is 0.267 e. The van der Waals surface area contributed by atoms with Gasteiger partial charge in [0.25, 0.3) is 5.91 Å². The number of amides is 1. The van der Waals surface area contributed by atoms with Crippen molar-refractivity contribution in [2.24, 2.45) is 0 Å². The topological polar surface area (TPSA) is 85.4 Å². The van der Waals surface area contributed by atoms with Crippen molar-refractivity contribution in [1.82, 2.24) is 9.71 Å². The molecule has 1 amide bonds. The largest absolute Gasteiger partial charge is 0.477 e. The molecule has 1 aromatic carbocycles. The molecular formula is C15H13BrF2N2O4S.